The number of imidazole rings is 1. The molecule has 1 fully saturated rings. The second-order valence-corrected chi connectivity index (χ2v) is 8.92. The first-order valence-corrected chi connectivity index (χ1v) is 11.9. The summed E-state index contributed by atoms with van der Waals surface area (Å²) < 4.78 is 4.55. The van der Waals surface area contributed by atoms with Crippen LogP contribution in [0.3, 0.4) is 0 Å². The number of carbonyl (C=O) groups excluding carboxylic acids is 1. The molecule has 2 aromatic carbocycles. The summed E-state index contributed by atoms with van der Waals surface area (Å²) in [5, 5.41) is 1.20. The third-order valence-corrected chi connectivity index (χ3v) is 6.68. The highest BCUT2D eigenvalue weighted by Crippen LogP contribution is 2.31. The number of para-hydroxylation sites is 1. The zero-order valence-electron chi connectivity index (χ0n) is 19.2. The van der Waals surface area contributed by atoms with E-state index in [1.54, 1.807) is 0 Å². The number of rotatable bonds is 6. The standard InChI is InChI=1S/C26H32N6O/c1-2-31-22-9-4-3-7-18(22)16-24(31)25-29-21-15-19(10-11-23(21)32(25)14-6-12-27)26(33)30-13-5-8-20(28)17-30/h3-4,7,9-11,15-16,20H,2,5-6,8,12-14,17,27-28H2,1H3. The van der Waals surface area contributed by atoms with Crippen LogP contribution in [0.2, 0.25) is 0 Å². The van der Waals surface area contributed by atoms with E-state index in [0.29, 0.717) is 18.7 Å². The molecule has 1 aliphatic rings. The van der Waals surface area contributed by atoms with Crippen LogP contribution in [0.4, 0.5) is 0 Å². The Morgan fingerprint density at radius 3 is 2.76 bits per heavy atom. The summed E-state index contributed by atoms with van der Waals surface area (Å²) in [6.07, 6.45) is 2.79. The van der Waals surface area contributed by atoms with Gasteiger partial charge in [-0.3, -0.25) is 4.79 Å². The predicted molar refractivity (Wildman–Crippen MR) is 133 cm³/mol. The molecular formula is C26H32N6O. The van der Waals surface area contributed by atoms with Crippen molar-refractivity contribution in [3.63, 3.8) is 0 Å². The molecule has 0 bridgehead atoms. The molecule has 0 aliphatic carbocycles. The number of nitrogens with two attached hydrogens (primary N) is 2. The van der Waals surface area contributed by atoms with Crippen molar-refractivity contribution in [2.75, 3.05) is 19.6 Å². The molecule has 4 N–H and O–H groups in total. The number of nitrogens with zero attached hydrogens (tertiary/aromatic N) is 4. The van der Waals surface area contributed by atoms with Crippen molar-refractivity contribution in [2.45, 2.75) is 45.3 Å². The molecule has 2 aromatic heterocycles. The van der Waals surface area contributed by atoms with Gasteiger partial charge in [0, 0.05) is 48.7 Å². The smallest absolute Gasteiger partial charge is 0.253 e. The average Bonchev–Trinajstić information content (AvgIpc) is 3.39. The Labute approximate surface area is 194 Å². The van der Waals surface area contributed by atoms with Gasteiger partial charge >= 0.3 is 0 Å². The Balaban J connectivity index is 1.61. The monoisotopic (exact) mass is 444 g/mol. The highest BCUT2D eigenvalue weighted by atomic mass is 16.2. The van der Waals surface area contributed by atoms with Gasteiger partial charge in [0.2, 0.25) is 0 Å². The van der Waals surface area contributed by atoms with Gasteiger partial charge in [-0.05, 0) is 63.1 Å². The lowest BCUT2D eigenvalue weighted by Gasteiger charge is -2.30. The van der Waals surface area contributed by atoms with Crippen molar-refractivity contribution in [1.29, 1.82) is 0 Å². The van der Waals surface area contributed by atoms with E-state index in [1.807, 2.05) is 23.1 Å². The average molecular weight is 445 g/mol. The molecule has 4 aromatic rings. The number of benzene rings is 2. The summed E-state index contributed by atoms with van der Waals surface area (Å²) in [7, 11) is 0. The molecule has 5 rings (SSSR count). The van der Waals surface area contributed by atoms with Gasteiger partial charge in [-0.2, -0.15) is 0 Å². The molecule has 1 saturated heterocycles. The minimum atomic E-state index is 0.0350. The third kappa shape index (κ3) is 3.92. The minimum Gasteiger partial charge on any atom is -0.338 e. The summed E-state index contributed by atoms with van der Waals surface area (Å²) in [5.74, 6) is 0.953. The van der Waals surface area contributed by atoms with Crippen LogP contribution in [0.15, 0.2) is 48.5 Å². The van der Waals surface area contributed by atoms with Gasteiger partial charge in [0.1, 0.15) is 0 Å². The maximum Gasteiger partial charge on any atom is 0.253 e. The fourth-order valence-electron chi connectivity index (χ4n) is 5.05. The van der Waals surface area contributed by atoms with Crippen LogP contribution in [-0.4, -0.2) is 50.6 Å². The number of hydrogen-bond acceptors (Lipinski definition) is 4. The van der Waals surface area contributed by atoms with Crippen molar-refractivity contribution in [2.24, 2.45) is 11.5 Å². The lowest BCUT2D eigenvalue weighted by Crippen LogP contribution is -2.45. The predicted octanol–water partition coefficient (Wildman–Crippen LogP) is 3.59. The first kappa shape index (κ1) is 21.7. The molecule has 7 nitrogen and oxygen atoms in total. The number of hydrogen-bond donors (Lipinski definition) is 2. The van der Waals surface area contributed by atoms with Gasteiger partial charge in [-0.15, -0.1) is 0 Å². The van der Waals surface area contributed by atoms with E-state index in [2.05, 4.69) is 46.4 Å². The van der Waals surface area contributed by atoms with Crippen molar-refractivity contribution >= 4 is 27.8 Å². The second-order valence-electron chi connectivity index (χ2n) is 8.92. The maximum absolute atomic E-state index is 13.2. The highest BCUT2D eigenvalue weighted by Gasteiger charge is 2.24. The molecule has 1 atom stereocenters. The highest BCUT2D eigenvalue weighted by molar-refractivity contribution is 5.98. The number of piperidine rings is 1. The fraction of sp³-hybridized carbons (Fsp3) is 0.385. The lowest BCUT2D eigenvalue weighted by atomic mass is 10.1. The molecule has 0 saturated carbocycles. The van der Waals surface area contributed by atoms with Crippen LogP contribution in [0.1, 0.15) is 36.5 Å². The van der Waals surface area contributed by atoms with E-state index < -0.39 is 0 Å². The number of fused-ring (bicyclic) bond motifs is 2. The molecule has 0 radical (unpaired) electrons. The maximum atomic E-state index is 13.2. The largest absolute Gasteiger partial charge is 0.338 e. The molecule has 1 amide bonds. The molecular weight excluding hydrogens is 412 g/mol. The van der Waals surface area contributed by atoms with Crippen LogP contribution in [0.25, 0.3) is 33.5 Å². The number of likely N-dealkylation sites (tertiary alicyclic amines) is 1. The summed E-state index contributed by atoms with van der Waals surface area (Å²) in [5.41, 5.74) is 16.8. The Kier molecular flexibility index (Phi) is 5.91. The van der Waals surface area contributed by atoms with Gasteiger partial charge < -0.3 is 25.5 Å². The topological polar surface area (TPSA) is 95.1 Å². The zero-order chi connectivity index (χ0) is 22.9. The quantitative estimate of drug-likeness (QED) is 0.475. The van der Waals surface area contributed by atoms with E-state index >= 15 is 0 Å². The van der Waals surface area contributed by atoms with Crippen LogP contribution in [0, 0.1) is 0 Å². The number of amides is 1. The Morgan fingerprint density at radius 1 is 1.12 bits per heavy atom. The van der Waals surface area contributed by atoms with Gasteiger partial charge in [-0.1, -0.05) is 18.2 Å². The molecule has 1 unspecified atom stereocenters. The molecule has 1 aliphatic heterocycles. The van der Waals surface area contributed by atoms with Gasteiger partial charge in [0.25, 0.3) is 5.91 Å². The molecule has 33 heavy (non-hydrogen) atoms. The van der Waals surface area contributed by atoms with E-state index in [0.717, 1.165) is 61.4 Å². The van der Waals surface area contributed by atoms with Crippen LogP contribution < -0.4 is 11.5 Å². The first-order valence-electron chi connectivity index (χ1n) is 11.9. The van der Waals surface area contributed by atoms with E-state index in [9.17, 15) is 4.79 Å². The van der Waals surface area contributed by atoms with Crippen LogP contribution >= 0.6 is 0 Å². The zero-order valence-corrected chi connectivity index (χ0v) is 19.2. The van der Waals surface area contributed by atoms with Crippen molar-refractivity contribution in [1.82, 2.24) is 19.0 Å². The number of aryl methyl sites for hydroxylation is 2. The van der Waals surface area contributed by atoms with Gasteiger partial charge in [0.15, 0.2) is 5.82 Å². The SMILES string of the molecule is CCn1c(-c2nc3cc(C(=O)N4CCCC(N)C4)ccc3n2CCCN)cc2ccccc21. The van der Waals surface area contributed by atoms with Crippen molar-refractivity contribution in [3.8, 4) is 11.5 Å². The summed E-state index contributed by atoms with van der Waals surface area (Å²) in [6.45, 7) is 5.77. The van der Waals surface area contributed by atoms with Gasteiger partial charge in [0.05, 0.1) is 16.7 Å². The Morgan fingerprint density at radius 2 is 1.97 bits per heavy atom. The molecule has 172 valence electrons. The summed E-state index contributed by atoms with van der Waals surface area (Å²) >= 11 is 0. The summed E-state index contributed by atoms with van der Waals surface area (Å²) in [6, 6.07) is 16.6. The summed E-state index contributed by atoms with van der Waals surface area (Å²) in [4.78, 5) is 20.1. The van der Waals surface area contributed by atoms with E-state index in [4.69, 9.17) is 16.5 Å². The normalized spacial score (nSPS) is 16.7. The van der Waals surface area contributed by atoms with Crippen molar-refractivity contribution < 1.29 is 4.79 Å². The second kappa shape index (κ2) is 9.00. The van der Waals surface area contributed by atoms with E-state index in [1.165, 1.54) is 10.9 Å². The minimum absolute atomic E-state index is 0.0350. The molecule has 0 spiro atoms. The Bertz CT molecular complexity index is 1300. The van der Waals surface area contributed by atoms with E-state index in [-0.39, 0.29) is 11.9 Å². The third-order valence-electron chi connectivity index (χ3n) is 6.68. The Hall–Kier alpha value is -3.16. The molecule has 7 heteroatoms. The number of carbonyl (C=O) groups is 1. The number of aromatic nitrogens is 3. The van der Waals surface area contributed by atoms with Crippen LogP contribution in [-0.2, 0) is 13.1 Å². The first-order chi connectivity index (χ1) is 16.1. The van der Waals surface area contributed by atoms with Crippen molar-refractivity contribution in [3.05, 3.63) is 54.1 Å². The fourth-order valence-corrected chi connectivity index (χ4v) is 5.05. The van der Waals surface area contributed by atoms with Crippen LogP contribution in [0.5, 0.6) is 0 Å². The molecule has 3 heterocycles. The lowest BCUT2D eigenvalue weighted by molar-refractivity contribution is 0.0709. The van der Waals surface area contributed by atoms with Gasteiger partial charge in [-0.25, -0.2) is 4.98 Å².